The van der Waals surface area contributed by atoms with Crippen LogP contribution in [0.5, 0.6) is 0 Å². The Balaban J connectivity index is 1.97. The number of hydrogen-bond acceptors (Lipinski definition) is 7. The molecule has 0 radical (unpaired) electrons. The molecule has 0 unspecified atom stereocenters. The first kappa shape index (κ1) is 18.3. The van der Waals surface area contributed by atoms with Crippen LogP contribution in [0.4, 0.5) is 15.8 Å². The maximum atomic E-state index is 13.5. The van der Waals surface area contributed by atoms with Gasteiger partial charge in [0.2, 0.25) is 10.0 Å². The Hall–Kier alpha value is -2.50. The van der Waals surface area contributed by atoms with Gasteiger partial charge in [0.25, 0.3) is 5.69 Å². The molecule has 11 heteroatoms. The van der Waals surface area contributed by atoms with E-state index in [1.165, 1.54) is 18.2 Å². The number of nitro benzene ring substituents is 1. The highest BCUT2D eigenvalue weighted by atomic mass is 32.2. The largest absolute Gasteiger partial charge is 0.295 e. The molecule has 8 nitrogen and oxygen atoms in total. The highest BCUT2D eigenvalue weighted by Gasteiger charge is 2.20. The summed E-state index contributed by atoms with van der Waals surface area (Å²) in [5.41, 5.74) is 3.29. The Morgan fingerprint density at radius 2 is 2.04 bits per heavy atom. The minimum absolute atomic E-state index is 0.00563. The number of hydrogen-bond donors (Lipinski definition) is 2. The molecule has 0 bridgehead atoms. The van der Waals surface area contributed by atoms with Crippen LogP contribution in [0.3, 0.4) is 0 Å². The fourth-order valence-electron chi connectivity index (χ4n) is 2.42. The van der Waals surface area contributed by atoms with Gasteiger partial charge in [0, 0.05) is 28.7 Å². The first-order valence-electron chi connectivity index (χ1n) is 7.32. The number of nitrogens with two attached hydrogens (primary N) is 1. The zero-order chi connectivity index (χ0) is 18.9. The molecule has 1 heterocycles. The first-order chi connectivity index (χ1) is 12.3. The van der Waals surface area contributed by atoms with Crippen molar-refractivity contribution in [2.24, 2.45) is 10.2 Å². The number of hydrazone groups is 1. The van der Waals surface area contributed by atoms with Crippen molar-refractivity contribution in [3.05, 3.63) is 57.9 Å². The number of nitrogens with one attached hydrogen (secondary N) is 1. The maximum Gasteiger partial charge on any atom is 0.295 e. The molecule has 26 heavy (non-hydrogen) atoms. The molecule has 1 aliphatic heterocycles. The van der Waals surface area contributed by atoms with Crippen molar-refractivity contribution < 1.29 is 17.7 Å². The standard InChI is InChI=1S/C15H13FN4O4S2/c16-9-1-4-15-11(7-9)12(5-6-25-15)18-19-13-3-2-10(26(17,23)24)8-14(13)20(21)22/h1-4,7-8,19H,5-6H2,(H2,17,23,24). The lowest BCUT2D eigenvalue weighted by atomic mass is 10.1. The van der Waals surface area contributed by atoms with Crippen LogP contribution >= 0.6 is 11.8 Å². The number of primary sulfonamides is 1. The molecular formula is C15H13FN4O4S2. The van der Waals surface area contributed by atoms with Gasteiger partial charge in [-0.1, -0.05) is 0 Å². The van der Waals surface area contributed by atoms with E-state index in [0.29, 0.717) is 17.7 Å². The molecule has 0 atom stereocenters. The zero-order valence-electron chi connectivity index (χ0n) is 13.2. The number of sulfonamides is 1. The van der Waals surface area contributed by atoms with Crippen molar-refractivity contribution in [1.82, 2.24) is 0 Å². The van der Waals surface area contributed by atoms with E-state index in [2.05, 4.69) is 10.5 Å². The normalized spacial score (nSPS) is 15.5. The highest BCUT2D eigenvalue weighted by molar-refractivity contribution is 7.99. The predicted molar refractivity (Wildman–Crippen MR) is 96.4 cm³/mol. The van der Waals surface area contributed by atoms with Crippen LogP contribution in [-0.2, 0) is 10.0 Å². The third-order valence-electron chi connectivity index (χ3n) is 3.65. The van der Waals surface area contributed by atoms with E-state index in [1.54, 1.807) is 17.8 Å². The van der Waals surface area contributed by atoms with Gasteiger partial charge in [0.15, 0.2) is 0 Å². The fraction of sp³-hybridized carbons (Fsp3) is 0.133. The molecule has 0 saturated carbocycles. The lowest BCUT2D eigenvalue weighted by Crippen LogP contribution is -2.14. The van der Waals surface area contributed by atoms with Gasteiger partial charge < -0.3 is 0 Å². The summed E-state index contributed by atoms with van der Waals surface area (Å²) in [5.74, 6) is 0.341. The summed E-state index contributed by atoms with van der Waals surface area (Å²) in [6.07, 6.45) is 0.553. The molecule has 0 aliphatic carbocycles. The molecule has 0 aromatic heterocycles. The van der Waals surface area contributed by atoms with E-state index < -0.39 is 26.5 Å². The molecule has 3 N–H and O–H groups in total. The molecule has 2 aromatic carbocycles. The van der Waals surface area contributed by atoms with Gasteiger partial charge in [-0.2, -0.15) is 5.10 Å². The van der Waals surface area contributed by atoms with Gasteiger partial charge in [-0.3, -0.25) is 15.5 Å². The van der Waals surface area contributed by atoms with Gasteiger partial charge in [-0.05, 0) is 30.3 Å². The molecule has 0 fully saturated rings. The van der Waals surface area contributed by atoms with Crippen LogP contribution < -0.4 is 10.6 Å². The van der Waals surface area contributed by atoms with Gasteiger partial charge in [0.05, 0.1) is 15.5 Å². The van der Waals surface area contributed by atoms with E-state index in [0.717, 1.165) is 22.8 Å². The number of nitro groups is 1. The summed E-state index contributed by atoms with van der Waals surface area (Å²) in [6.45, 7) is 0. The van der Waals surface area contributed by atoms with Crippen LogP contribution in [0.25, 0.3) is 0 Å². The lowest BCUT2D eigenvalue weighted by molar-refractivity contribution is -0.384. The topological polar surface area (TPSA) is 128 Å². The molecule has 1 aliphatic rings. The highest BCUT2D eigenvalue weighted by Crippen LogP contribution is 2.32. The van der Waals surface area contributed by atoms with E-state index in [-0.39, 0.29) is 10.6 Å². The SMILES string of the molecule is NS(=O)(=O)c1ccc(NN=C2CCSc3ccc(F)cc32)c([N+](=O)[O-])c1. The molecule has 0 spiro atoms. The fourth-order valence-corrected chi connectivity index (χ4v) is 3.97. The number of fused-ring (bicyclic) bond motifs is 1. The third kappa shape index (κ3) is 3.84. The minimum atomic E-state index is -4.07. The van der Waals surface area contributed by atoms with Gasteiger partial charge in [-0.25, -0.2) is 17.9 Å². The second kappa shape index (κ2) is 7.02. The summed E-state index contributed by atoms with van der Waals surface area (Å²) >= 11 is 1.57. The summed E-state index contributed by atoms with van der Waals surface area (Å²) in [5, 5.41) is 20.4. The summed E-state index contributed by atoms with van der Waals surface area (Å²) in [7, 11) is -4.07. The number of thioether (sulfide) groups is 1. The van der Waals surface area contributed by atoms with Gasteiger partial charge in [0.1, 0.15) is 11.5 Å². The van der Waals surface area contributed by atoms with Crippen LogP contribution in [0.15, 0.2) is 51.3 Å². The number of halogens is 1. The second-order valence-electron chi connectivity index (χ2n) is 5.39. The zero-order valence-corrected chi connectivity index (χ0v) is 14.8. The van der Waals surface area contributed by atoms with Crippen molar-refractivity contribution >= 4 is 38.9 Å². The van der Waals surface area contributed by atoms with Crippen LogP contribution in [0.1, 0.15) is 12.0 Å². The van der Waals surface area contributed by atoms with Crippen molar-refractivity contribution in [1.29, 1.82) is 0 Å². The first-order valence-corrected chi connectivity index (χ1v) is 9.85. The van der Waals surface area contributed by atoms with E-state index in [9.17, 15) is 22.9 Å². The Morgan fingerprint density at radius 1 is 1.27 bits per heavy atom. The quantitative estimate of drug-likeness (QED) is 0.604. The van der Waals surface area contributed by atoms with Crippen LogP contribution in [0, 0.1) is 15.9 Å². The molecule has 0 amide bonds. The van der Waals surface area contributed by atoms with Crippen molar-refractivity contribution in [3.63, 3.8) is 0 Å². The summed E-state index contributed by atoms with van der Waals surface area (Å²) in [6, 6.07) is 7.61. The number of nitrogens with zero attached hydrogens (tertiary/aromatic N) is 2. The molecule has 0 saturated heterocycles. The Labute approximate surface area is 152 Å². The van der Waals surface area contributed by atoms with Gasteiger partial charge in [-0.15, -0.1) is 11.8 Å². The van der Waals surface area contributed by atoms with E-state index >= 15 is 0 Å². The Bertz CT molecular complexity index is 1020. The smallest absolute Gasteiger partial charge is 0.271 e. The third-order valence-corrected chi connectivity index (χ3v) is 5.64. The monoisotopic (exact) mass is 396 g/mol. The molecular weight excluding hydrogens is 383 g/mol. The molecule has 2 aromatic rings. The lowest BCUT2D eigenvalue weighted by Gasteiger charge is -2.17. The maximum absolute atomic E-state index is 13.5. The molecule has 136 valence electrons. The number of benzene rings is 2. The summed E-state index contributed by atoms with van der Waals surface area (Å²) in [4.78, 5) is 11.0. The second-order valence-corrected chi connectivity index (χ2v) is 8.09. The number of anilines is 1. The van der Waals surface area contributed by atoms with Crippen molar-refractivity contribution in [3.8, 4) is 0 Å². The Morgan fingerprint density at radius 3 is 2.73 bits per heavy atom. The summed E-state index contributed by atoms with van der Waals surface area (Å²) < 4.78 is 36.2. The van der Waals surface area contributed by atoms with Crippen LogP contribution in [0.2, 0.25) is 0 Å². The Kier molecular flexibility index (Phi) is 4.94. The average Bonchev–Trinajstić information content (AvgIpc) is 2.58. The van der Waals surface area contributed by atoms with Crippen LogP contribution in [-0.4, -0.2) is 24.8 Å². The van der Waals surface area contributed by atoms with E-state index in [1.807, 2.05) is 0 Å². The molecule has 3 rings (SSSR count). The van der Waals surface area contributed by atoms with E-state index in [4.69, 9.17) is 5.14 Å². The number of rotatable bonds is 4. The van der Waals surface area contributed by atoms with Crippen molar-refractivity contribution in [2.45, 2.75) is 16.2 Å². The minimum Gasteiger partial charge on any atom is -0.271 e. The van der Waals surface area contributed by atoms with Gasteiger partial charge >= 0.3 is 0 Å². The average molecular weight is 396 g/mol. The predicted octanol–water partition coefficient (Wildman–Crippen LogP) is 2.69. The van der Waals surface area contributed by atoms with Crippen molar-refractivity contribution in [2.75, 3.05) is 11.2 Å².